The highest BCUT2D eigenvalue weighted by Gasteiger charge is 2.14. The number of hydrogen-bond acceptors (Lipinski definition) is 3. The molecular weight excluding hydrogens is 400 g/mol. The molecule has 0 aliphatic carbocycles. The SMILES string of the molecule is CN(C)C(CNCc1ccc(Br)c(Br)c1)c1cccs1. The Bertz CT molecular complexity index is 541. The van der Waals surface area contributed by atoms with Gasteiger partial charge in [-0.05, 0) is 75.1 Å². The molecule has 108 valence electrons. The summed E-state index contributed by atoms with van der Waals surface area (Å²) in [5, 5.41) is 5.68. The largest absolute Gasteiger partial charge is 0.311 e. The van der Waals surface area contributed by atoms with Crippen LogP contribution in [-0.4, -0.2) is 25.5 Å². The number of nitrogens with one attached hydrogen (secondary N) is 1. The first kappa shape index (κ1) is 16.2. The summed E-state index contributed by atoms with van der Waals surface area (Å²) < 4.78 is 2.19. The molecule has 0 spiro atoms. The van der Waals surface area contributed by atoms with Crippen LogP contribution in [0.15, 0.2) is 44.7 Å². The summed E-state index contributed by atoms with van der Waals surface area (Å²) in [4.78, 5) is 3.66. The van der Waals surface area contributed by atoms with E-state index >= 15 is 0 Å². The highest BCUT2D eigenvalue weighted by molar-refractivity contribution is 9.13. The van der Waals surface area contributed by atoms with Crippen LogP contribution in [0.25, 0.3) is 0 Å². The van der Waals surface area contributed by atoms with E-state index in [-0.39, 0.29) is 0 Å². The number of nitrogens with zero attached hydrogens (tertiary/aromatic N) is 1. The fraction of sp³-hybridized carbons (Fsp3) is 0.333. The van der Waals surface area contributed by atoms with E-state index in [4.69, 9.17) is 0 Å². The van der Waals surface area contributed by atoms with Gasteiger partial charge in [-0.2, -0.15) is 0 Å². The van der Waals surface area contributed by atoms with Gasteiger partial charge in [0, 0.05) is 26.9 Å². The minimum atomic E-state index is 0.425. The standard InChI is InChI=1S/C15H18Br2N2S/c1-19(2)14(15-4-3-7-20-15)10-18-9-11-5-6-12(16)13(17)8-11/h3-8,14,18H,9-10H2,1-2H3. The molecular formula is C15H18Br2N2S. The van der Waals surface area contributed by atoms with Crippen LogP contribution in [0, 0.1) is 0 Å². The number of benzene rings is 1. The van der Waals surface area contributed by atoms with Gasteiger partial charge >= 0.3 is 0 Å². The molecule has 5 heteroatoms. The molecule has 0 fully saturated rings. The van der Waals surface area contributed by atoms with Gasteiger partial charge in [-0.15, -0.1) is 11.3 Å². The van der Waals surface area contributed by atoms with Crippen molar-refractivity contribution in [3.63, 3.8) is 0 Å². The molecule has 1 heterocycles. The smallest absolute Gasteiger partial charge is 0.0561 e. The van der Waals surface area contributed by atoms with Gasteiger partial charge in [-0.1, -0.05) is 12.1 Å². The van der Waals surface area contributed by atoms with E-state index in [1.807, 2.05) is 11.3 Å². The Kier molecular flexibility index (Phi) is 6.23. The van der Waals surface area contributed by atoms with Crippen molar-refractivity contribution in [1.29, 1.82) is 0 Å². The van der Waals surface area contributed by atoms with Crippen LogP contribution in [0.4, 0.5) is 0 Å². The third-order valence-electron chi connectivity index (χ3n) is 3.15. The van der Waals surface area contributed by atoms with Gasteiger partial charge in [0.25, 0.3) is 0 Å². The molecule has 20 heavy (non-hydrogen) atoms. The third kappa shape index (κ3) is 4.40. The summed E-state index contributed by atoms with van der Waals surface area (Å²) in [6.45, 7) is 1.82. The average Bonchev–Trinajstić information content (AvgIpc) is 2.92. The zero-order valence-electron chi connectivity index (χ0n) is 11.6. The lowest BCUT2D eigenvalue weighted by Crippen LogP contribution is -2.30. The molecule has 0 bridgehead atoms. The second-order valence-electron chi connectivity index (χ2n) is 4.87. The van der Waals surface area contributed by atoms with E-state index in [1.165, 1.54) is 10.4 Å². The first-order valence-electron chi connectivity index (χ1n) is 6.42. The quantitative estimate of drug-likeness (QED) is 0.734. The maximum absolute atomic E-state index is 3.55. The Balaban J connectivity index is 1.92. The van der Waals surface area contributed by atoms with Gasteiger partial charge in [0.1, 0.15) is 0 Å². The molecule has 0 aliphatic rings. The lowest BCUT2D eigenvalue weighted by Gasteiger charge is -2.23. The predicted octanol–water partition coefficient (Wildman–Crippen LogP) is 4.67. The molecule has 2 aromatic rings. The van der Waals surface area contributed by atoms with Gasteiger partial charge in [-0.3, -0.25) is 0 Å². The topological polar surface area (TPSA) is 15.3 Å². The van der Waals surface area contributed by atoms with Crippen molar-refractivity contribution < 1.29 is 0 Å². The summed E-state index contributed by atoms with van der Waals surface area (Å²) >= 11 is 8.85. The molecule has 1 aromatic heterocycles. The van der Waals surface area contributed by atoms with Crippen molar-refractivity contribution >= 4 is 43.2 Å². The molecule has 0 amide bonds. The second-order valence-corrected chi connectivity index (χ2v) is 7.56. The first-order valence-corrected chi connectivity index (χ1v) is 8.89. The molecule has 1 unspecified atom stereocenters. The monoisotopic (exact) mass is 416 g/mol. The van der Waals surface area contributed by atoms with Crippen molar-refractivity contribution in [2.24, 2.45) is 0 Å². The van der Waals surface area contributed by atoms with Crippen LogP contribution in [0.3, 0.4) is 0 Å². The van der Waals surface area contributed by atoms with Gasteiger partial charge in [0.05, 0.1) is 6.04 Å². The van der Waals surface area contributed by atoms with Crippen molar-refractivity contribution in [2.75, 3.05) is 20.6 Å². The van der Waals surface area contributed by atoms with Gasteiger partial charge in [-0.25, -0.2) is 0 Å². The Morgan fingerprint density at radius 1 is 1.20 bits per heavy atom. The Morgan fingerprint density at radius 2 is 2.00 bits per heavy atom. The zero-order valence-corrected chi connectivity index (χ0v) is 15.6. The molecule has 1 N–H and O–H groups in total. The van der Waals surface area contributed by atoms with Gasteiger partial charge in [0.15, 0.2) is 0 Å². The second kappa shape index (κ2) is 7.71. The van der Waals surface area contributed by atoms with E-state index in [0.29, 0.717) is 6.04 Å². The third-order valence-corrected chi connectivity index (χ3v) is 6.00. The molecule has 1 atom stereocenters. The fourth-order valence-electron chi connectivity index (χ4n) is 2.02. The minimum absolute atomic E-state index is 0.425. The van der Waals surface area contributed by atoms with Crippen LogP contribution in [0.5, 0.6) is 0 Å². The average molecular weight is 418 g/mol. The predicted molar refractivity (Wildman–Crippen MR) is 94.3 cm³/mol. The summed E-state index contributed by atoms with van der Waals surface area (Å²) in [5.41, 5.74) is 1.28. The maximum Gasteiger partial charge on any atom is 0.0561 e. The Labute approximate surface area is 141 Å². The van der Waals surface area contributed by atoms with E-state index in [9.17, 15) is 0 Å². The van der Waals surface area contributed by atoms with Gasteiger partial charge in [0.2, 0.25) is 0 Å². The van der Waals surface area contributed by atoms with Crippen LogP contribution in [0.1, 0.15) is 16.5 Å². The summed E-state index contributed by atoms with van der Waals surface area (Å²) in [5.74, 6) is 0. The number of halogens is 2. The molecule has 0 saturated heterocycles. The molecule has 0 aliphatic heterocycles. The number of thiophene rings is 1. The lowest BCUT2D eigenvalue weighted by atomic mass is 10.2. The van der Waals surface area contributed by atoms with E-state index < -0.39 is 0 Å². The molecule has 2 nitrogen and oxygen atoms in total. The minimum Gasteiger partial charge on any atom is -0.311 e. The van der Waals surface area contributed by atoms with Crippen LogP contribution >= 0.6 is 43.2 Å². The van der Waals surface area contributed by atoms with Crippen molar-refractivity contribution in [3.05, 3.63) is 55.1 Å². The summed E-state index contributed by atoms with van der Waals surface area (Å²) in [7, 11) is 4.25. The molecule has 2 rings (SSSR count). The van der Waals surface area contributed by atoms with Crippen molar-refractivity contribution in [3.8, 4) is 0 Å². The summed E-state index contributed by atoms with van der Waals surface area (Å²) in [6, 6.07) is 11.1. The summed E-state index contributed by atoms with van der Waals surface area (Å²) in [6.07, 6.45) is 0. The highest BCUT2D eigenvalue weighted by atomic mass is 79.9. The van der Waals surface area contributed by atoms with E-state index in [2.05, 4.69) is 91.9 Å². The highest BCUT2D eigenvalue weighted by Crippen LogP contribution is 2.24. The molecule has 1 aromatic carbocycles. The fourth-order valence-corrected chi connectivity index (χ4v) is 3.62. The molecule has 0 radical (unpaired) electrons. The maximum atomic E-state index is 3.55. The normalized spacial score (nSPS) is 12.8. The van der Waals surface area contributed by atoms with Crippen molar-refractivity contribution in [2.45, 2.75) is 12.6 Å². The van der Waals surface area contributed by atoms with E-state index in [1.54, 1.807) is 0 Å². The van der Waals surface area contributed by atoms with Crippen LogP contribution in [-0.2, 0) is 6.54 Å². The Hall–Kier alpha value is -0.200. The van der Waals surface area contributed by atoms with Gasteiger partial charge < -0.3 is 10.2 Å². The lowest BCUT2D eigenvalue weighted by molar-refractivity contribution is 0.292. The first-order chi connectivity index (χ1) is 9.58. The number of rotatable bonds is 6. The van der Waals surface area contributed by atoms with Crippen LogP contribution < -0.4 is 5.32 Å². The Morgan fingerprint density at radius 3 is 2.60 bits per heavy atom. The number of likely N-dealkylation sites (N-methyl/N-ethyl adjacent to an activating group) is 1. The van der Waals surface area contributed by atoms with Crippen LogP contribution in [0.2, 0.25) is 0 Å². The van der Waals surface area contributed by atoms with E-state index in [0.717, 1.165) is 22.0 Å². The van der Waals surface area contributed by atoms with Crippen molar-refractivity contribution in [1.82, 2.24) is 10.2 Å². The number of hydrogen-bond donors (Lipinski definition) is 1. The zero-order chi connectivity index (χ0) is 14.5. The molecule has 0 saturated carbocycles.